The first-order valence-electron chi connectivity index (χ1n) is 11.7. The van der Waals surface area contributed by atoms with Crippen molar-refractivity contribution in [1.82, 2.24) is 29.7 Å². The molecule has 2 amide bonds. The maximum absolute atomic E-state index is 14.6. The van der Waals surface area contributed by atoms with Crippen LogP contribution in [0.4, 0.5) is 25.2 Å². The maximum Gasteiger partial charge on any atom is 0.341 e. The van der Waals surface area contributed by atoms with E-state index in [0.29, 0.717) is 61.2 Å². The zero-order chi connectivity index (χ0) is 26.3. The molecule has 0 unspecified atom stereocenters. The topological polar surface area (TPSA) is 133 Å². The van der Waals surface area contributed by atoms with Crippen LogP contribution in [0, 0.1) is 36.8 Å². The molecule has 1 atom stereocenters. The number of halogens is 2. The molecule has 5 rings (SSSR count). The van der Waals surface area contributed by atoms with Crippen molar-refractivity contribution in [1.29, 1.82) is 5.26 Å². The van der Waals surface area contributed by atoms with Crippen molar-refractivity contribution in [3.05, 3.63) is 58.5 Å². The van der Waals surface area contributed by atoms with Crippen molar-refractivity contribution >= 4 is 23.9 Å². The molecule has 2 N–H and O–H groups in total. The van der Waals surface area contributed by atoms with Gasteiger partial charge in [-0.1, -0.05) is 0 Å². The van der Waals surface area contributed by atoms with Gasteiger partial charge in [-0.25, -0.2) is 28.3 Å². The molecule has 1 fully saturated rings. The number of nitrogens with two attached hydrogens (primary N) is 1. The molecule has 13 heteroatoms. The van der Waals surface area contributed by atoms with Crippen LogP contribution in [-0.4, -0.2) is 68.1 Å². The lowest BCUT2D eigenvalue weighted by molar-refractivity contribution is 0.139. The number of carbonyl (C=O) groups excluding carboxylic acids is 1. The average molecular weight is 507 g/mol. The highest BCUT2D eigenvalue weighted by Crippen LogP contribution is 2.31. The van der Waals surface area contributed by atoms with Crippen LogP contribution in [0.25, 0.3) is 5.82 Å². The van der Waals surface area contributed by atoms with E-state index in [9.17, 15) is 13.6 Å². The van der Waals surface area contributed by atoms with Gasteiger partial charge in [0, 0.05) is 38.8 Å². The lowest BCUT2D eigenvalue weighted by Gasteiger charge is -2.37. The van der Waals surface area contributed by atoms with Gasteiger partial charge in [-0.3, -0.25) is 0 Å². The van der Waals surface area contributed by atoms with E-state index in [-0.39, 0.29) is 17.4 Å². The van der Waals surface area contributed by atoms with E-state index in [1.54, 1.807) is 31.0 Å². The molecule has 1 aromatic carbocycles. The molecule has 0 bridgehead atoms. The van der Waals surface area contributed by atoms with E-state index < -0.39 is 17.7 Å². The van der Waals surface area contributed by atoms with Crippen LogP contribution < -0.4 is 10.6 Å². The molecule has 2 aromatic heterocycles. The number of hydrazone groups is 1. The summed E-state index contributed by atoms with van der Waals surface area (Å²) in [5.74, 6) is -0.848. The highest BCUT2D eigenvalue weighted by molar-refractivity contribution is 5.78. The summed E-state index contributed by atoms with van der Waals surface area (Å²) in [5, 5.41) is 19.0. The van der Waals surface area contributed by atoms with Gasteiger partial charge >= 0.3 is 6.03 Å². The molecule has 3 aromatic rings. The number of carbonyl (C=O) groups is 1. The highest BCUT2D eigenvalue weighted by atomic mass is 19.1. The minimum Gasteiger partial charge on any atom is -0.396 e. The van der Waals surface area contributed by atoms with Gasteiger partial charge in [-0.05, 0) is 37.6 Å². The maximum atomic E-state index is 14.6. The van der Waals surface area contributed by atoms with Crippen LogP contribution in [0.5, 0.6) is 0 Å². The summed E-state index contributed by atoms with van der Waals surface area (Å²) in [6, 6.07) is 5.16. The number of hydrogen-bond acceptors (Lipinski definition) is 8. The fourth-order valence-electron chi connectivity index (χ4n) is 4.50. The van der Waals surface area contributed by atoms with Gasteiger partial charge in [0.05, 0.1) is 40.9 Å². The average Bonchev–Trinajstić information content (AvgIpc) is 3.49. The van der Waals surface area contributed by atoms with Crippen LogP contribution in [0.15, 0.2) is 29.5 Å². The van der Waals surface area contributed by atoms with E-state index in [0.717, 1.165) is 12.3 Å². The lowest BCUT2D eigenvalue weighted by Crippen LogP contribution is -2.52. The highest BCUT2D eigenvalue weighted by Gasteiger charge is 2.34. The van der Waals surface area contributed by atoms with Gasteiger partial charge in [0.15, 0.2) is 11.6 Å². The Morgan fingerprint density at radius 3 is 2.59 bits per heavy atom. The third kappa shape index (κ3) is 4.42. The third-order valence-corrected chi connectivity index (χ3v) is 6.55. The summed E-state index contributed by atoms with van der Waals surface area (Å²) in [6.45, 7) is 5.01. The van der Waals surface area contributed by atoms with Crippen molar-refractivity contribution in [3.63, 3.8) is 0 Å². The minimum atomic E-state index is -0.627. The summed E-state index contributed by atoms with van der Waals surface area (Å²) in [5.41, 5.74) is 8.32. The first-order chi connectivity index (χ1) is 17.8. The van der Waals surface area contributed by atoms with E-state index in [2.05, 4.69) is 20.2 Å². The van der Waals surface area contributed by atoms with Crippen molar-refractivity contribution in [2.75, 3.05) is 36.8 Å². The second-order valence-electron chi connectivity index (χ2n) is 8.87. The third-order valence-electron chi connectivity index (χ3n) is 6.55. The number of aryl methyl sites for hydroxylation is 1. The summed E-state index contributed by atoms with van der Waals surface area (Å²) in [4.78, 5) is 25.3. The van der Waals surface area contributed by atoms with Gasteiger partial charge < -0.3 is 15.5 Å². The van der Waals surface area contributed by atoms with Crippen LogP contribution in [0.1, 0.15) is 35.0 Å². The first kappa shape index (κ1) is 24.1. The molecule has 0 spiro atoms. The molecule has 4 heterocycles. The molecular weight excluding hydrogens is 482 g/mol. The molecular formula is C24H24F2N10O. The molecule has 0 radical (unpaired) electrons. The van der Waals surface area contributed by atoms with Crippen molar-refractivity contribution < 1.29 is 13.6 Å². The number of amides is 2. The summed E-state index contributed by atoms with van der Waals surface area (Å²) in [6.07, 6.45) is 3.12. The molecule has 0 aliphatic carbocycles. The van der Waals surface area contributed by atoms with E-state index >= 15 is 0 Å². The number of nitrogens with zero attached hydrogens (tertiary/aromatic N) is 9. The van der Waals surface area contributed by atoms with Crippen molar-refractivity contribution in [2.24, 2.45) is 5.10 Å². The van der Waals surface area contributed by atoms with Crippen LogP contribution >= 0.6 is 0 Å². The number of aromatic nitrogens is 4. The van der Waals surface area contributed by atoms with Crippen LogP contribution in [0.3, 0.4) is 0 Å². The van der Waals surface area contributed by atoms with Gasteiger partial charge in [0.25, 0.3) is 0 Å². The zero-order valence-corrected chi connectivity index (χ0v) is 20.3. The number of nitriles is 1. The lowest BCUT2D eigenvalue weighted by atomic mass is 10.0. The predicted molar refractivity (Wildman–Crippen MR) is 131 cm³/mol. The Balaban J connectivity index is 1.29. The van der Waals surface area contributed by atoms with E-state index in [4.69, 9.17) is 11.0 Å². The Morgan fingerprint density at radius 2 is 1.92 bits per heavy atom. The number of nitrogen functional groups attached to an aromatic ring is 1. The van der Waals surface area contributed by atoms with Crippen LogP contribution in [-0.2, 0) is 0 Å². The molecule has 2 aliphatic heterocycles. The molecule has 11 nitrogen and oxygen atoms in total. The smallest absolute Gasteiger partial charge is 0.341 e. The van der Waals surface area contributed by atoms with Gasteiger partial charge in [0.1, 0.15) is 5.82 Å². The number of piperazine rings is 1. The Kier molecular flexibility index (Phi) is 6.16. The van der Waals surface area contributed by atoms with Crippen LogP contribution in [0.2, 0.25) is 0 Å². The number of anilines is 2. The summed E-state index contributed by atoms with van der Waals surface area (Å²) in [7, 11) is 0. The number of urea groups is 1. The van der Waals surface area contributed by atoms with Crippen molar-refractivity contribution in [3.8, 4) is 11.9 Å². The van der Waals surface area contributed by atoms with E-state index in [1.807, 2.05) is 11.0 Å². The predicted octanol–water partition coefficient (Wildman–Crippen LogP) is 2.69. The van der Waals surface area contributed by atoms with Gasteiger partial charge in [-0.2, -0.15) is 20.4 Å². The Morgan fingerprint density at radius 1 is 1.16 bits per heavy atom. The minimum absolute atomic E-state index is 0.00174. The Hall–Kier alpha value is -4.60. The van der Waals surface area contributed by atoms with Gasteiger partial charge in [0.2, 0.25) is 5.95 Å². The number of hydrogen-bond donors (Lipinski definition) is 1. The number of rotatable bonds is 3. The fourth-order valence-corrected chi connectivity index (χ4v) is 4.50. The second-order valence-corrected chi connectivity index (χ2v) is 8.87. The molecule has 0 saturated carbocycles. The molecule has 2 aliphatic rings. The molecule has 1 saturated heterocycles. The van der Waals surface area contributed by atoms with Gasteiger partial charge in [-0.15, -0.1) is 0 Å². The first-order valence-corrected chi connectivity index (χ1v) is 11.7. The normalized spacial score (nSPS) is 17.4. The summed E-state index contributed by atoms with van der Waals surface area (Å²) >= 11 is 0. The standard InChI is InChI=1S/C24H24F2N10O/c1-14-21(28)15(2)35(32-14)22-19(26)13-29-23(31-22)33-5-7-34(8-6-33)24(37)36-20(3-4-30-36)17-9-16(12-27)10-18(25)11-17/h4,9-11,13,20H,3,5-8,28H2,1-2H3/t20-/m0/s1. The Labute approximate surface area is 211 Å². The van der Waals surface area contributed by atoms with E-state index in [1.165, 1.54) is 15.8 Å². The molecule has 190 valence electrons. The fraction of sp³-hybridized carbons (Fsp3) is 0.333. The zero-order valence-electron chi connectivity index (χ0n) is 20.3. The number of benzene rings is 1. The van der Waals surface area contributed by atoms with Crippen molar-refractivity contribution in [2.45, 2.75) is 26.3 Å². The Bertz CT molecular complexity index is 1440. The quantitative estimate of drug-likeness (QED) is 0.578. The largest absolute Gasteiger partial charge is 0.396 e. The monoisotopic (exact) mass is 506 g/mol. The summed E-state index contributed by atoms with van der Waals surface area (Å²) < 4.78 is 29.9. The SMILES string of the molecule is Cc1nn(-c2nc(N3CCN(C(=O)N4N=CC[C@H]4c4cc(F)cc(C#N)c4)CC3)ncc2F)c(C)c1N. The molecule has 37 heavy (non-hydrogen) atoms. The second kappa shape index (κ2) is 9.45.